The number of allylic oxidation sites excluding steroid dienone is 2. The van der Waals surface area contributed by atoms with Crippen molar-refractivity contribution in [3.8, 4) is 0 Å². The molecular weight excluding hydrogens is 913 g/mol. The van der Waals surface area contributed by atoms with Gasteiger partial charge < -0.3 is 31.6 Å². The van der Waals surface area contributed by atoms with Gasteiger partial charge in [0.2, 0.25) is 10.0 Å². The molecule has 6 aliphatic carbocycles. The molecule has 2 amide bonds. The standard InChI is InChI=1S/C13H17NO2S.C12H23NO2.C11H22N2O2.C7H13N3.C7H15N.C6H10/c1-10-5-7-11(8-6-10)17(15,16)14-12-4-3-9-13(12,14)2;1-9-7-6-8-12(9,5)13-10(14)15-11(2,3)4;1-10(2,3)15-9(14)13-11(4)7-5-6-8(11)12;1-6-4-3-5-7(6,2)9-10-8;1-6-4-3-5-7(6,2)8;1-6-4-2-3-5-6/h5-8,12H,3-4,9H2,1-2H3;9H,6-8H2,1-5H3,(H,13,14);8H,5-7,12H2,1-4H3,(H,13,14);6H,3-5H2,1-2H3;6H,3-5,8H2,1-2H3;4H,2-3,5H2,1H3. The Morgan fingerprint density at radius 3 is 1.56 bits per heavy atom. The van der Waals surface area contributed by atoms with Crippen molar-refractivity contribution in [3.05, 3.63) is 51.9 Å². The van der Waals surface area contributed by atoms with Gasteiger partial charge in [-0.25, -0.2) is 18.0 Å². The number of nitrogens with zero attached hydrogens (tertiary/aromatic N) is 4. The molecule has 0 bridgehead atoms. The van der Waals surface area contributed by atoms with Crippen LogP contribution in [0.3, 0.4) is 0 Å². The number of hydrogen-bond acceptors (Lipinski definition) is 9. The maximum Gasteiger partial charge on any atom is 0.408 e. The second-order valence-corrected chi connectivity index (χ2v) is 27.2. The summed E-state index contributed by atoms with van der Waals surface area (Å²) >= 11 is 0. The number of nitrogens with one attached hydrogen (secondary N) is 2. The highest BCUT2D eigenvalue weighted by atomic mass is 32.2. The second-order valence-electron chi connectivity index (χ2n) is 25.3. The molecule has 6 N–H and O–H groups in total. The average molecular weight is 1010 g/mol. The van der Waals surface area contributed by atoms with Crippen LogP contribution in [0.4, 0.5) is 9.59 Å². The summed E-state index contributed by atoms with van der Waals surface area (Å²) in [6.07, 6.45) is 22.6. The number of benzene rings is 1. The molecular formula is C56H100N8O6S. The summed E-state index contributed by atoms with van der Waals surface area (Å²) in [6, 6.07) is 7.41. The highest BCUT2D eigenvalue weighted by Crippen LogP contribution is 2.55. The lowest BCUT2D eigenvalue weighted by Gasteiger charge is -2.31. The van der Waals surface area contributed by atoms with Crippen molar-refractivity contribution in [1.82, 2.24) is 14.9 Å². The molecule has 0 aromatic heterocycles. The zero-order chi connectivity index (χ0) is 53.9. The smallest absolute Gasteiger partial charge is 0.408 e. The van der Waals surface area contributed by atoms with Crippen LogP contribution in [0.2, 0.25) is 0 Å². The van der Waals surface area contributed by atoms with Crippen LogP contribution in [0.25, 0.3) is 10.4 Å². The molecule has 1 aromatic rings. The third kappa shape index (κ3) is 18.5. The lowest BCUT2D eigenvalue weighted by Crippen LogP contribution is -2.55. The van der Waals surface area contributed by atoms with Gasteiger partial charge in [0.25, 0.3) is 0 Å². The van der Waals surface area contributed by atoms with E-state index in [9.17, 15) is 18.0 Å². The molecule has 15 heteroatoms. The first kappa shape index (κ1) is 61.9. The topological polar surface area (TPSA) is 215 Å². The molecule has 6 fully saturated rings. The van der Waals surface area contributed by atoms with E-state index in [4.69, 9.17) is 26.5 Å². The van der Waals surface area contributed by atoms with Gasteiger partial charge in [-0.05, 0) is 208 Å². The number of carbonyl (C=O) groups excluding carboxylic acids is 2. The Labute approximate surface area is 431 Å². The fourth-order valence-corrected chi connectivity index (χ4v) is 12.9. The Hall–Kier alpha value is -3.36. The maximum atomic E-state index is 12.5. The van der Waals surface area contributed by atoms with Crippen LogP contribution >= 0.6 is 0 Å². The Morgan fingerprint density at radius 1 is 0.718 bits per heavy atom. The number of nitrogens with two attached hydrogens (primary N) is 2. The van der Waals surface area contributed by atoms with Gasteiger partial charge >= 0.3 is 12.2 Å². The van der Waals surface area contributed by atoms with Gasteiger partial charge in [0.1, 0.15) is 11.2 Å². The fraction of sp³-hybridized carbons (Fsp3) is 0.821. The van der Waals surface area contributed by atoms with Crippen molar-refractivity contribution in [2.75, 3.05) is 0 Å². The minimum atomic E-state index is -3.27. The molecule has 7 aliphatic rings. The Bertz CT molecular complexity index is 2030. The predicted octanol–water partition coefficient (Wildman–Crippen LogP) is 13.7. The summed E-state index contributed by atoms with van der Waals surface area (Å²) in [5.41, 5.74) is 21.5. The highest BCUT2D eigenvalue weighted by molar-refractivity contribution is 7.89. The molecule has 406 valence electrons. The van der Waals surface area contributed by atoms with E-state index < -0.39 is 21.2 Å². The molecule has 71 heavy (non-hydrogen) atoms. The number of ether oxygens (including phenoxy) is 2. The van der Waals surface area contributed by atoms with Gasteiger partial charge in [0.05, 0.1) is 16.0 Å². The molecule has 5 saturated carbocycles. The van der Waals surface area contributed by atoms with Crippen molar-refractivity contribution in [1.29, 1.82) is 0 Å². The number of aryl methyl sites for hydroxylation is 1. The van der Waals surface area contributed by atoms with E-state index >= 15 is 0 Å². The molecule has 0 spiro atoms. The van der Waals surface area contributed by atoms with Gasteiger partial charge in [0, 0.05) is 33.6 Å². The second kappa shape index (κ2) is 25.2. The number of hydrogen-bond donors (Lipinski definition) is 4. The van der Waals surface area contributed by atoms with Crippen LogP contribution in [0.5, 0.6) is 0 Å². The third-order valence-electron chi connectivity index (χ3n) is 16.6. The number of carbonyl (C=O) groups is 2. The van der Waals surface area contributed by atoms with E-state index in [2.05, 4.69) is 75.2 Å². The number of azide groups is 1. The van der Waals surface area contributed by atoms with Crippen LogP contribution in [0.15, 0.2) is 45.9 Å². The number of sulfonamides is 1. The molecule has 0 radical (unpaired) electrons. The largest absolute Gasteiger partial charge is 0.444 e. The van der Waals surface area contributed by atoms with E-state index in [1.165, 1.54) is 64.2 Å². The van der Waals surface area contributed by atoms with Crippen LogP contribution in [0.1, 0.15) is 225 Å². The van der Waals surface area contributed by atoms with E-state index in [0.29, 0.717) is 16.7 Å². The number of alkyl carbamates (subject to hydrolysis) is 2. The van der Waals surface area contributed by atoms with E-state index in [-0.39, 0.29) is 52.0 Å². The zero-order valence-electron chi connectivity index (χ0n) is 47.3. The van der Waals surface area contributed by atoms with Crippen molar-refractivity contribution >= 4 is 22.2 Å². The van der Waals surface area contributed by atoms with Gasteiger partial charge in [-0.1, -0.05) is 87.8 Å². The summed E-state index contributed by atoms with van der Waals surface area (Å²) < 4.78 is 37.1. The quantitative estimate of drug-likeness (QED) is 0.0730. The molecule has 8 rings (SSSR count). The lowest BCUT2D eigenvalue weighted by molar-refractivity contribution is 0.0436. The van der Waals surface area contributed by atoms with Crippen LogP contribution < -0.4 is 22.1 Å². The Balaban J connectivity index is 0.000000232. The third-order valence-corrected chi connectivity index (χ3v) is 18.7. The normalized spacial score (nSPS) is 34.5. The molecule has 11 unspecified atom stereocenters. The van der Waals surface area contributed by atoms with Crippen molar-refractivity contribution in [2.24, 2.45) is 34.3 Å². The monoisotopic (exact) mass is 1010 g/mol. The van der Waals surface area contributed by atoms with Crippen LogP contribution in [0, 0.1) is 24.7 Å². The summed E-state index contributed by atoms with van der Waals surface area (Å²) in [6.45, 7) is 32.3. The van der Waals surface area contributed by atoms with Crippen molar-refractivity contribution in [3.63, 3.8) is 0 Å². The Morgan fingerprint density at radius 2 is 1.21 bits per heavy atom. The lowest BCUT2D eigenvalue weighted by atomic mass is 9.91. The fourth-order valence-electron chi connectivity index (χ4n) is 10.8. The number of piperidine rings is 1. The summed E-state index contributed by atoms with van der Waals surface area (Å²) in [5.74, 6) is 1.83. The number of rotatable bonds is 5. The average Bonchev–Trinajstić information content (AvgIpc) is 3.97. The summed E-state index contributed by atoms with van der Waals surface area (Å²) in [7, 11) is -3.27. The highest BCUT2D eigenvalue weighted by Gasteiger charge is 2.67. The summed E-state index contributed by atoms with van der Waals surface area (Å²) in [4.78, 5) is 26.5. The van der Waals surface area contributed by atoms with E-state index in [1.807, 2.05) is 74.4 Å². The van der Waals surface area contributed by atoms with Crippen molar-refractivity contribution < 1.29 is 27.5 Å². The van der Waals surface area contributed by atoms with Crippen LogP contribution in [-0.4, -0.2) is 75.9 Å². The van der Waals surface area contributed by atoms with Gasteiger partial charge in [-0.3, -0.25) is 0 Å². The van der Waals surface area contributed by atoms with Crippen molar-refractivity contribution in [2.45, 2.75) is 282 Å². The van der Waals surface area contributed by atoms with E-state index in [1.54, 1.807) is 22.0 Å². The number of amides is 2. The first-order valence-electron chi connectivity index (χ1n) is 27.0. The maximum absolute atomic E-state index is 12.5. The zero-order valence-corrected chi connectivity index (χ0v) is 48.1. The van der Waals surface area contributed by atoms with Gasteiger partial charge in [0.15, 0.2) is 0 Å². The SMILES string of the molecule is CC(C)(C)OC(=O)NC1(C)CCCC1N.CC1=CCCC1.CC1CCCC1(C)N.CC1CCCC1(C)N=[N+]=[N-].CC1CCCC1(C)NC(=O)OC(C)(C)C.Cc1ccc(S(=O)(=O)N2C3CCCC32C)cc1. The molecule has 1 aromatic carbocycles. The minimum Gasteiger partial charge on any atom is -0.444 e. The molecule has 1 saturated heterocycles. The van der Waals surface area contributed by atoms with Gasteiger partial charge in [-0.15, -0.1) is 0 Å². The van der Waals surface area contributed by atoms with Crippen LogP contribution in [-0.2, 0) is 19.5 Å². The first-order valence-corrected chi connectivity index (χ1v) is 28.5. The summed E-state index contributed by atoms with van der Waals surface area (Å²) in [5, 5.41) is 9.69. The first-order chi connectivity index (χ1) is 32.6. The van der Waals surface area contributed by atoms with Gasteiger partial charge in [-0.2, -0.15) is 4.31 Å². The molecule has 1 heterocycles. The van der Waals surface area contributed by atoms with E-state index in [0.717, 1.165) is 62.8 Å². The molecule has 1 aliphatic heterocycles. The number of fused-ring (bicyclic) bond motifs is 1. The molecule has 11 atom stereocenters. The Kier molecular flexibility index (Phi) is 22.0. The molecule has 14 nitrogen and oxygen atoms in total. The predicted molar refractivity (Wildman–Crippen MR) is 290 cm³/mol. The minimum absolute atomic E-state index is 0.0324.